The van der Waals surface area contributed by atoms with Crippen molar-refractivity contribution in [3.8, 4) is 0 Å². The summed E-state index contributed by atoms with van der Waals surface area (Å²) >= 11 is 5.66. The number of unbranched alkanes of at least 4 members (excludes halogenated alkanes) is 1. The molecule has 0 heterocycles. The van der Waals surface area contributed by atoms with Crippen LogP contribution in [0.5, 0.6) is 0 Å². The maximum absolute atomic E-state index is 13.2. The number of sulfonamides is 1. The van der Waals surface area contributed by atoms with E-state index in [2.05, 4.69) is 19.2 Å². The van der Waals surface area contributed by atoms with Gasteiger partial charge in [-0.2, -0.15) is 13.2 Å². The summed E-state index contributed by atoms with van der Waals surface area (Å²) in [4.78, 5) is 12.5. The molecular weight excluding hydrogens is 489 g/mol. The number of hydrogen-bond acceptors (Lipinski definition) is 3. The number of halogens is 4. The molecule has 0 aromatic heterocycles. The zero-order valence-electron chi connectivity index (χ0n) is 19.5. The molecule has 0 aliphatic heterocycles. The Kier molecular flexibility index (Phi) is 9.82. The molecule has 1 amide bonds. The fourth-order valence-electron chi connectivity index (χ4n) is 3.50. The van der Waals surface area contributed by atoms with E-state index in [9.17, 15) is 26.4 Å². The van der Waals surface area contributed by atoms with Gasteiger partial charge in [0.15, 0.2) is 0 Å². The second kappa shape index (κ2) is 11.9. The van der Waals surface area contributed by atoms with Crippen molar-refractivity contribution in [2.24, 2.45) is 5.92 Å². The molecule has 2 aromatic rings. The van der Waals surface area contributed by atoms with Crippen LogP contribution in [0.1, 0.15) is 61.0 Å². The first-order valence-corrected chi connectivity index (χ1v) is 13.3. The topological polar surface area (TPSA) is 66.5 Å². The second-order valence-electron chi connectivity index (χ2n) is 8.25. The molecule has 1 N–H and O–H groups in total. The fourth-order valence-corrected chi connectivity index (χ4v) is 4.60. The average Bonchev–Trinajstić information content (AvgIpc) is 2.77. The number of anilines is 1. The Morgan fingerprint density at radius 3 is 2.29 bits per heavy atom. The lowest BCUT2D eigenvalue weighted by molar-refractivity contribution is -0.137. The van der Waals surface area contributed by atoms with E-state index in [0.717, 1.165) is 42.3 Å². The minimum atomic E-state index is -4.72. The van der Waals surface area contributed by atoms with Crippen LogP contribution in [-0.2, 0) is 22.7 Å². The summed E-state index contributed by atoms with van der Waals surface area (Å²) < 4.78 is 65.3. The van der Waals surface area contributed by atoms with Crippen molar-refractivity contribution in [3.63, 3.8) is 0 Å². The Morgan fingerprint density at radius 2 is 1.76 bits per heavy atom. The van der Waals surface area contributed by atoms with E-state index in [0.29, 0.717) is 29.7 Å². The van der Waals surface area contributed by atoms with Gasteiger partial charge in [-0.3, -0.25) is 9.10 Å². The van der Waals surface area contributed by atoms with Crippen LogP contribution >= 0.6 is 11.6 Å². The molecule has 0 radical (unpaired) electrons. The van der Waals surface area contributed by atoms with E-state index in [1.807, 2.05) is 0 Å². The first-order valence-electron chi connectivity index (χ1n) is 11.1. The lowest BCUT2D eigenvalue weighted by Gasteiger charge is -2.24. The largest absolute Gasteiger partial charge is 0.417 e. The molecule has 0 unspecified atom stereocenters. The number of hydrogen-bond donors (Lipinski definition) is 1. The first-order chi connectivity index (χ1) is 15.9. The highest BCUT2D eigenvalue weighted by Gasteiger charge is 2.34. The second-order valence-corrected chi connectivity index (χ2v) is 10.6. The Hall–Kier alpha value is -2.26. The van der Waals surface area contributed by atoms with Gasteiger partial charge in [0, 0.05) is 12.1 Å². The molecule has 1 atom stereocenters. The lowest BCUT2D eigenvalue weighted by atomic mass is 9.99. The van der Waals surface area contributed by atoms with Crippen molar-refractivity contribution in [2.75, 3.05) is 17.1 Å². The number of alkyl halides is 3. The number of amides is 1. The van der Waals surface area contributed by atoms with E-state index < -0.39 is 26.8 Å². The number of carbonyl (C=O) groups is 1. The van der Waals surface area contributed by atoms with Crippen molar-refractivity contribution in [1.29, 1.82) is 0 Å². The molecule has 2 rings (SSSR count). The van der Waals surface area contributed by atoms with Gasteiger partial charge in [0.05, 0.1) is 29.1 Å². The van der Waals surface area contributed by atoms with Crippen molar-refractivity contribution in [2.45, 2.75) is 52.3 Å². The van der Waals surface area contributed by atoms with Crippen molar-refractivity contribution in [1.82, 2.24) is 5.32 Å². The Balaban J connectivity index is 2.17. The molecule has 10 heteroatoms. The van der Waals surface area contributed by atoms with E-state index in [-0.39, 0.29) is 18.1 Å². The van der Waals surface area contributed by atoms with Crippen LogP contribution in [0, 0.1) is 5.92 Å². The minimum Gasteiger partial charge on any atom is -0.352 e. The van der Waals surface area contributed by atoms with Gasteiger partial charge in [-0.05, 0) is 48.2 Å². The summed E-state index contributed by atoms with van der Waals surface area (Å²) in [6.07, 6.45) is 0.426. The molecule has 5 nitrogen and oxygen atoms in total. The van der Waals surface area contributed by atoms with Crippen LogP contribution in [0.2, 0.25) is 5.02 Å². The van der Waals surface area contributed by atoms with Gasteiger partial charge < -0.3 is 5.32 Å². The molecule has 0 spiro atoms. The van der Waals surface area contributed by atoms with E-state index in [1.165, 1.54) is 6.07 Å². The molecule has 0 aliphatic rings. The molecule has 0 saturated carbocycles. The van der Waals surface area contributed by atoms with E-state index in [4.69, 9.17) is 11.6 Å². The summed E-state index contributed by atoms with van der Waals surface area (Å²) in [5.41, 5.74) is -0.332. The Morgan fingerprint density at radius 1 is 1.12 bits per heavy atom. The van der Waals surface area contributed by atoms with Gasteiger partial charge in [0.25, 0.3) is 5.91 Å². The third kappa shape index (κ3) is 7.91. The highest BCUT2D eigenvalue weighted by atomic mass is 35.5. The minimum absolute atomic E-state index is 0.154. The summed E-state index contributed by atoms with van der Waals surface area (Å²) in [5.74, 6) is 0.182. The SMILES string of the molecule is CCCC[C@H](CC)CNC(=O)c1ccc(CN(c2ccc(Cl)c(C(F)(F)F)c2)S(C)(=O)=O)cc1. The quantitative estimate of drug-likeness (QED) is 0.381. The number of benzene rings is 2. The summed E-state index contributed by atoms with van der Waals surface area (Å²) in [7, 11) is -3.90. The molecule has 0 fully saturated rings. The van der Waals surface area contributed by atoms with Gasteiger partial charge >= 0.3 is 6.18 Å². The molecule has 0 aliphatic carbocycles. The molecule has 188 valence electrons. The Labute approximate surface area is 204 Å². The highest BCUT2D eigenvalue weighted by molar-refractivity contribution is 7.92. The summed E-state index contributed by atoms with van der Waals surface area (Å²) in [6, 6.07) is 9.28. The molecule has 0 saturated heterocycles. The molecule has 2 aromatic carbocycles. The summed E-state index contributed by atoms with van der Waals surface area (Å²) in [6.45, 7) is 4.60. The maximum Gasteiger partial charge on any atom is 0.417 e. The zero-order chi connectivity index (χ0) is 25.5. The van der Waals surface area contributed by atoms with Crippen molar-refractivity contribution < 1.29 is 26.4 Å². The number of nitrogens with zero attached hydrogens (tertiary/aromatic N) is 1. The van der Waals surface area contributed by atoms with Gasteiger partial charge in [0.1, 0.15) is 0 Å². The van der Waals surface area contributed by atoms with Gasteiger partial charge in [-0.1, -0.05) is 56.8 Å². The van der Waals surface area contributed by atoms with Crippen LogP contribution < -0.4 is 9.62 Å². The first kappa shape index (κ1) is 28.0. The highest BCUT2D eigenvalue weighted by Crippen LogP contribution is 2.37. The third-order valence-corrected chi connectivity index (χ3v) is 7.05. The third-order valence-electron chi connectivity index (χ3n) is 5.58. The number of rotatable bonds is 11. The number of carbonyl (C=O) groups excluding carboxylic acids is 1. The smallest absolute Gasteiger partial charge is 0.352 e. The van der Waals surface area contributed by atoms with Crippen molar-refractivity contribution in [3.05, 3.63) is 64.2 Å². The number of nitrogens with one attached hydrogen (secondary N) is 1. The fraction of sp³-hybridized carbons (Fsp3) is 0.458. The van der Waals surface area contributed by atoms with E-state index >= 15 is 0 Å². The molecular formula is C24H30ClF3N2O3S. The zero-order valence-corrected chi connectivity index (χ0v) is 21.0. The van der Waals surface area contributed by atoms with Crippen LogP contribution in [-0.4, -0.2) is 27.1 Å². The lowest BCUT2D eigenvalue weighted by Crippen LogP contribution is -2.30. The van der Waals surface area contributed by atoms with Crippen LogP contribution in [0.3, 0.4) is 0 Å². The van der Waals surface area contributed by atoms with Gasteiger partial charge in [-0.15, -0.1) is 0 Å². The predicted molar refractivity (Wildman–Crippen MR) is 130 cm³/mol. The van der Waals surface area contributed by atoms with Gasteiger partial charge in [0.2, 0.25) is 10.0 Å². The summed E-state index contributed by atoms with van der Waals surface area (Å²) in [5, 5.41) is 2.42. The van der Waals surface area contributed by atoms with Gasteiger partial charge in [-0.25, -0.2) is 8.42 Å². The maximum atomic E-state index is 13.2. The van der Waals surface area contributed by atoms with Crippen LogP contribution in [0.25, 0.3) is 0 Å². The standard InChI is InChI=1S/C24H30ClF3N2O3S/c1-4-6-7-17(5-2)15-29-23(31)19-10-8-18(9-11-19)16-30(34(3,32)33)20-12-13-22(25)21(14-20)24(26,27)28/h8-14,17H,4-7,15-16H2,1-3H3,(H,29,31)/t17-/m0/s1. The Bertz CT molecular complexity index is 1070. The predicted octanol–water partition coefficient (Wildman–Crippen LogP) is 6.27. The van der Waals surface area contributed by atoms with Crippen molar-refractivity contribution >= 4 is 33.2 Å². The monoisotopic (exact) mass is 518 g/mol. The average molecular weight is 519 g/mol. The molecule has 0 bridgehead atoms. The normalized spacial score (nSPS) is 12.9. The van der Waals surface area contributed by atoms with Crippen LogP contribution in [0.4, 0.5) is 18.9 Å². The molecule has 34 heavy (non-hydrogen) atoms. The van der Waals surface area contributed by atoms with Crippen LogP contribution in [0.15, 0.2) is 42.5 Å². The van der Waals surface area contributed by atoms with E-state index in [1.54, 1.807) is 24.3 Å².